The first-order valence-corrected chi connectivity index (χ1v) is 8.19. The van der Waals surface area contributed by atoms with Crippen molar-refractivity contribution in [2.45, 2.75) is 32.5 Å². The zero-order chi connectivity index (χ0) is 18.4. The van der Waals surface area contributed by atoms with Gasteiger partial charge in [0.2, 0.25) is 5.91 Å². The number of aromatic nitrogens is 1. The van der Waals surface area contributed by atoms with Crippen LogP contribution in [0.5, 0.6) is 0 Å². The van der Waals surface area contributed by atoms with Gasteiger partial charge >= 0.3 is 6.18 Å². The minimum atomic E-state index is -4.42. The normalized spacial score (nSPS) is 28.6. The van der Waals surface area contributed by atoms with E-state index in [1.807, 2.05) is 13.0 Å². The molecule has 1 amide bonds. The van der Waals surface area contributed by atoms with Crippen LogP contribution >= 0.6 is 0 Å². The van der Waals surface area contributed by atoms with Gasteiger partial charge in [-0.3, -0.25) is 9.78 Å². The molecule has 1 saturated carbocycles. The number of rotatable bonds is 3. The van der Waals surface area contributed by atoms with Crippen molar-refractivity contribution in [2.75, 3.05) is 18.4 Å². The van der Waals surface area contributed by atoms with Crippen LogP contribution in [0.3, 0.4) is 0 Å². The number of pyridine rings is 1. The van der Waals surface area contributed by atoms with Gasteiger partial charge in [0.15, 0.2) is 0 Å². The van der Waals surface area contributed by atoms with Gasteiger partial charge in [-0.05, 0) is 25.3 Å². The highest BCUT2D eigenvalue weighted by Gasteiger charge is 2.53. The molecular weight excluding hydrogens is 333 g/mol. The number of halogens is 3. The monoisotopic (exact) mass is 352 g/mol. The summed E-state index contributed by atoms with van der Waals surface area (Å²) >= 11 is 0. The largest absolute Gasteiger partial charge is 0.395 e. The maximum Gasteiger partial charge on any atom is 0.395 e. The second-order valence-electron chi connectivity index (χ2n) is 6.94. The van der Waals surface area contributed by atoms with Crippen molar-refractivity contribution in [3.05, 3.63) is 23.5 Å². The fourth-order valence-corrected chi connectivity index (χ4v) is 3.33. The number of nitriles is 1. The molecule has 2 heterocycles. The van der Waals surface area contributed by atoms with E-state index >= 15 is 0 Å². The second-order valence-corrected chi connectivity index (χ2v) is 6.94. The quantitative estimate of drug-likeness (QED) is 0.908. The summed E-state index contributed by atoms with van der Waals surface area (Å²) in [5.41, 5.74) is 1.11. The van der Waals surface area contributed by atoms with Gasteiger partial charge in [0, 0.05) is 30.9 Å². The van der Waals surface area contributed by atoms with E-state index in [1.165, 1.54) is 11.1 Å². The smallest absolute Gasteiger partial charge is 0.379 e. The Hall–Kier alpha value is -2.30. The molecule has 1 aromatic rings. The third-order valence-electron chi connectivity index (χ3n) is 4.98. The molecular formula is C17H19F3N4O. The minimum absolute atomic E-state index is 0.0154. The number of nitrogens with one attached hydrogen (secondary N) is 1. The summed E-state index contributed by atoms with van der Waals surface area (Å²) in [5.74, 6) is -1.76. The molecule has 1 aromatic heterocycles. The first-order chi connectivity index (χ1) is 11.7. The van der Waals surface area contributed by atoms with Crippen molar-refractivity contribution in [3.8, 4) is 6.07 Å². The molecule has 0 radical (unpaired) electrons. The SMILES string of the molecule is Cc1cc(N[C@H]2CN(C(=O)[C@@H]3C[C@H]3C)C[C@@H]2C(F)(F)F)c(C#N)cn1. The molecule has 5 nitrogen and oxygen atoms in total. The summed E-state index contributed by atoms with van der Waals surface area (Å²) in [7, 11) is 0. The standard InChI is InChI=1S/C17H19F3N4O/c1-9-3-12(9)16(25)24-7-13(17(18,19)20)15(8-24)23-14-4-10(2)22-6-11(14)5-21/h4,6,9,12-13,15H,3,7-8H2,1-2H3,(H,22,23)/t9-,12-,13+,15+/m1/s1. The van der Waals surface area contributed by atoms with E-state index in [-0.39, 0.29) is 36.4 Å². The van der Waals surface area contributed by atoms with Crippen molar-refractivity contribution in [1.29, 1.82) is 5.26 Å². The molecule has 0 spiro atoms. The predicted molar refractivity (Wildman–Crippen MR) is 84.5 cm³/mol. The van der Waals surface area contributed by atoms with Crippen LogP contribution in [0.2, 0.25) is 0 Å². The maximum atomic E-state index is 13.5. The van der Waals surface area contributed by atoms with Crippen LogP contribution in [-0.4, -0.2) is 41.1 Å². The molecule has 0 aromatic carbocycles. The first-order valence-electron chi connectivity index (χ1n) is 8.19. The number of hydrogen-bond donors (Lipinski definition) is 1. The Kier molecular flexibility index (Phi) is 4.35. The summed E-state index contributed by atoms with van der Waals surface area (Å²) in [6.45, 7) is 3.27. The fraction of sp³-hybridized carbons (Fsp3) is 0.588. The number of carbonyl (C=O) groups is 1. The third-order valence-corrected chi connectivity index (χ3v) is 4.98. The first kappa shape index (κ1) is 17.5. The molecule has 0 bridgehead atoms. The number of carbonyl (C=O) groups excluding carboxylic acids is 1. The lowest BCUT2D eigenvalue weighted by Gasteiger charge is -2.23. The van der Waals surface area contributed by atoms with Crippen molar-refractivity contribution < 1.29 is 18.0 Å². The molecule has 134 valence electrons. The molecule has 8 heteroatoms. The van der Waals surface area contributed by atoms with Gasteiger partial charge in [-0.2, -0.15) is 18.4 Å². The molecule has 2 fully saturated rings. The van der Waals surface area contributed by atoms with Gasteiger partial charge in [-0.15, -0.1) is 0 Å². The number of nitrogens with zero attached hydrogens (tertiary/aromatic N) is 3. The van der Waals surface area contributed by atoms with Crippen LogP contribution in [0.4, 0.5) is 18.9 Å². The average molecular weight is 352 g/mol. The zero-order valence-electron chi connectivity index (χ0n) is 14.0. The topological polar surface area (TPSA) is 69.0 Å². The summed E-state index contributed by atoms with van der Waals surface area (Å²) in [6, 6.07) is 2.51. The Bertz CT molecular complexity index is 728. The average Bonchev–Trinajstić information content (AvgIpc) is 3.09. The maximum absolute atomic E-state index is 13.5. The van der Waals surface area contributed by atoms with E-state index in [1.54, 1.807) is 13.0 Å². The predicted octanol–water partition coefficient (Wildman–Crippen LogP) is 2.72. The van der Waals surface area contributed by atoms with Crippen LogP contribution in [0.1, 0.15) is 24.6 Å². The van der Waals surface area contributed by atoms with E-state index < -0.39 is 18.1 Å². The Morgan fingerprint density at radius 2 is 2.12 bits per heavy atom. The molecule has 3 rings (SSSR count). The minimum Gasteiger partial charge on any atom is -0.379 e. The number of anilines is 1. The van der Waals surface area contributed by atoms with Crippen molar-refractivity contribution in [1.82, 2.24) is 9.88 Å². The van der Waals surface area contributed by atoms with Crippen molar-refractivity contribution >= 4 is 11.6 Å². The van der Waals surface area contributed by atoms with Gasteiger partial charge in [0.05, 0.1) is 23.2 Å². The van der Waals surface area contributed by atoms with Gasteiger partial charge in [0.25, 0.3) is 0 Å². The van der Waals surface area contributed by atoms with E-state index in [0.717, 1.165) is 6.42 Å². The Balaban J connectivity index is 1.82. The number of aryl methyl sites for hydroxylation is 1. The summed E-state index contributed by atoms with van der Waals surface area (Å²) in [4.78, 5) is 17.6. The van der Waals surface area contributed by atoms with Crippen molar-refractivity contribution in [3.63, 3.8) is 0 Å². The van der Waals surface area contributed by atoms with Crippen molar-refractivity contribution in [2.24, 2.45) is 17.8 Å². The number of likely N-dealkylation sites (tertiary alicyclic amines) is 1. The van der Waals surface area contributed by atoms with Gasteiger partial charge in [0.1, 0.15) is 6.07 Å². The van der Waals surface area contributed by atoms with Crippen LogP contribution in [0, 0.1) is 36.0 Å². The number of amides is 1. The Morgan fingerprint density at radius 1 is 1.44 bits per heavy atom. The summed E-state index contributed by atoms with van der Waals surface area (Å²) in [5, 5.41) is 12.0. The highest BCUT2D eigenvalue weighted by atomic mass is 19.4. The number of hydrogen-bond acceptors (Lipinski definition) is 4. The third kappa shape index (κ3) is 3.55. The van der Waals surface area contributed by atoms with E-state index in [2.05, 4.69) is 10.3 Å². The molecule has 0 unspecified atom stereocenters. The molecule has 2 aliphatic rings. The zero-order valence-corrected chi connectivity index (χ0v) is 14.0. The lowest BCUT2D eigenvalue weighted by molar-refractivity contribution is -0.172. The highest BCUT2D eigenvalue weighted by molar-refractivity contribution is 5.82. The van der Waals surface area contributed by atoms with E-state index in [9.17, 15) is 18.0 Å². The van der Waals surface area contributed by atoms with Crippen LogP contribution in [0.25, 0.3) is 0 Å². The van der Waals surface area contributed by atoms with Crippen LogP contribution in [0.15, 0.2) is 12.3 Å². The number of alkyl halides is 3. The molecule has 4 atom stereocenters. The second kappa shape index (κ2) is 6.21. The molecule has 1 N–H and O–H groups in total. The molecule has 1 aliphatic carbocycles. The molecule has 1 saturated heterocycles. The van der Waals surface area contributed by atoms with Gasteiger partial charge in [-0.25, -0.2) is 0 Å². The summed E-state index contributed by atoms with van der Waals surface area (Å²) in [6.07, 6.45) is -2.34. The Morgan fingerprint density at radius 3 is 2.68 bits per heavy atom. The Labute approximate surface area is 143 Å². The van der Waals surface area contributed by atoms with Gasteiger partial charge in [-0.1, -0.05) is 6.92 Å². The summed E-state index contributed by atoms with van der Waals surface area (Å²) < 4.78 is 40.4. The lowest BCUT2D eigenvalue weighted by Crippen LogP contribution is -2.38. The van der Waals surface area contributed by atoms with Gasteiger partial charge < -0.3 is 10.2 Å². The van der Waals surface area contributed by atoms with E-state index in [4.69, 9.17) is 5.26 Å². The molecule has 25 heavy (non-hydrogen) atoms. The van der Waals surface area contributed by atoms with E-state index in [0.29, 0.717) is 11.4 Å². The lowest BCUT2D eigenvalue weighted by atomic mass is 10.0. The van der Waals surface area contributed by atoms with Crippen LogP contribution in [-0.2, 0) is 4.79 Å². The molecule has 1 aliphatic heterocycles. The highest BCUT2D eigenvalue weighted by Crippen LogP contribution is 2.42. The van der Waals surface area contributed by atoms with Crippen LogP contribution < -0.4 is 5.32 Å². The fourth-order valence-electron chi connectivity index (χ4n) is 3.33.